The number of pyridine rings is 1. The van der Waals surface area contributed by atoms with Crippen molar-refractivity contribution >= 4 is 34.8 Å². The first-order valence-corrected chi connectivity index (χ1v) is 7.79. The summed E-state index contributed by atoms with van der Waals surface area (Å²) in [5.74, 6) is 1.39. The molecule has 1 aromatic carbocycles. The van der Waals surface area contributed by atoms with Crippen LogP contribution in [0.25, 0.3) is 0 Å². The van der Waals surface area contributed by atoms with Crippen molar-refractivity contribution in [1.29, 1.82) is 0 Å². The molecule has 0 N–H and O–H groups in total. The maximum Gasteiger partial charge on any atom is 0.219 e. The van der Waals surface area contributed by atoms with Crippen LogP contribution in [0.15, 0.2) is 30.3 Å². The van der Waals surface area contributed by atoms with Crippen molar-refractivity contribution in [2.24, 2.45) is 0 Å². The van der Waals surface area contributed by atoms with Crippen LogP contribution in [-0.4, -0.2) is 4.98 Å². The molecule has 0 radical (unpaired) electrons. The molecular weight excluding hydrogens is 329 g/mol. The van der Waals surface area contributed by atoms with Crippen LogP contribution in [0.2, 0.25) is 10.0 Å². The second-order valence-corrected chi connectivity index (χ2v) is 6.87. The number of nitrogens with zero attached hydrogens (tertiary/aromatic N) is 1. The normalized spacial score (nSPS) is 11.5. The summed E-state index contributed by atoms with van der Waals surface area (Å²) in [6, 6.07) is 8.88. The van der Waals surface area contributed by atoms with Gasteiger partial charge in [-0.3, -0.25) is 0 Å². The zero-order valence-corrected chi connectivity index (χ0v) is 14.4. The Morgan fingerprint density at radius 2 is 1.81 bits per heavy atom. The summed E-state index contributed by atoms with van der Waals surface area (Å²) in [7, 11) is 0. The third-order valence-electron chi connectivity index (χ3n) is 2.89. The lowest BCUT2D eigenvalue weighted by Gasteiger charge is -2.19. The third-order valence-corrected chi connectivity index (χ3v) is 3.73. The van der Waals surface area contributed by atoms with Crippen molar-refractivity contribution in [2.75, 3.05) is 0 Å². The molecule has 0 unspecified atom stereocenters. The summed E-state index contributed by atoms with van der Waals surface area (Å²) < 4.78 is 5.78. The fourth-order valence-electron chi connectivity index (χ4n) is 1.74. The molecule has 5 heteroatoms. The average molecular weight is 345 g/mol. The Balaban J connectivity index is 2.39. The first-order valence-electron chi connectivity index (χ1n) is 6.50. The summed E-state index contributed by atoms with van der Waals surface area (Å²) in [5, 5.41) is 1.00. The van der Waals surface area contributed by atoms with Crippen molar-refractivity contribution in [3.05, 3.63) is 51.6 Å². The quantitative estimate of drug-likeness (QED) is 0.617. The van der Waals surface area contributed by atoms with Crippen LogP contribution in [0.1, 0.15) is 32.0 Å². The number of rotatable bonds is 3. The van der Waals surface area contributed by atoms with E-state index in [1.54, 1.807) is 18.2 Å². The van der Waals surface area contributed by atoms with Crippen LogP contribution < -0.4 is 4.74 Å². The van der Waals surface area contributed by atoms with E-state index in [-0.39, 0.29) is 5.41 Å². The molecule has 0 bridgehead atoms. The summed E-state index contributed by atoms with van der Waals surface area (Å²) in [6.07, 6.45) is 0. The van der Waals surface area contributed by atoms with Crippen LogP contribution in [0.5, 0.6) is 11.6 Å². The van der Waals surface area contributed by atoms with E-state index in [1.165, 1.54) is 0 Å². The lowest BCUT2D eigenvalue weighted by atomic mass is 9.91. The van der Waals surface area contributed by atoms with E-state index in [4.69, 9.17) is 39.5 Å². The van der Waals surface area contributed by atoms with E-state index in [9.17, 15) is 0 Å². The minimum Gasteiger partial charge on any atom is -0.437 e. The largest absolute Gasteiger partial charge is 0.437 e. The second-order valence-electron chi connectivity index (χ2n) is 5.76. The fourth-order valence-corrected chi connectivity index (χ4v) is 2.34. The number of halogens is 3. The van der Waals surface area contributed by atoms with Gasteiger partial charge in [0.1, 0.15) is 5.75 Å². The van der Waals surface area contributed by atoms with Crippen LogP contribution in [0.3, 0.4) is 0 Å². The highest BCUT2D eigenvalue weighted by Gasteiger charge is 2.18. The second kappa shape index (κ2) is 6.43. The Morgan fingerprint density at radius 3 is 2.38 bits per heavy atom. The molecule has 0 atom stereocenters. The maximum atomic E-state index is 6.12. The molecule has 2 nitrogen and oxygen atoms in total. The van der Waals surface area contributed by atoms with Crippen molar-refractivity contribution in [1.82, 2.24) is 4.98 Å². The Morgan fingerprint density at radius 1 is 1.10 bits per heavy atom. The van der Waals surface area contributed by atoms with Crippen molar-refractivity contribution in [2.45, 2.75) is 32.1 Å². The molecule has 0 spiro atoms. The molecule has 0 aliphatic heterocycles. The number of aromatic nitrogens is 1. The van der Waals surface area contributed by atoms with Crippen LogP contribution >= 0.6 is 34.8 Å². The first kappa shape index (κ1) is 16.4. The molecule has 2 aromatic rings. The van der Waals surface area contributed by atoms with E-state index in [0.717, 1.165) is 11.3 Å². The third kappa shape index (κ3) is 4.26. The predicted octanol–water partition coefficient (Wildman–Crippen LogP) is 6.22. The van der Waals surface area contributed by atoms with Crippen LogP contribution in [0.4, 0.5) is 0 Å². The van der Waals surface area contributed by atoms with Gasteiger partial charge in [0.25, 0.3) is 0 Å². The van der Waals surface area contributed by atoms with Gasteiger partial charge in [0.2, 0.25) is 5.88 Å². The van der Waals surface area contributed by atoms with E-state index in [0.29, 0.717) is 27.6 Å². The van der Waals surface area contributed by atoms with Crippen molar-refractivity contribution in [3.8, 4) is 11.6 Å². The zero-order chi connectivity index (χ0) is 15.6. The lowest BCUT2D eigenvalue weighted by molar-refractivity contribution is 0.451. The van der Waals surface area contributed by atoms with Crippen molar-refractivity contribution < 1.29 is 4.74 Å². The molecule has 0 amide bonds. The Bertz CT molecular complexity index is 650. The molecule has 0 saturated heterocycles. The van der Waals surface area contributed by atoms with E-state index in [2.05, 4.69) is 25.8 Å². The van der Waals surface area contributed by atoms with Gasteiger partial charge in [-0.25, -0.2) is 4.98 Å². The Kier molecular flexibility index (Phi) is 5.03. The minimum absolute atomic E-state index is 0.0933. The van der Waals surface area contributed by atoms with Gasteiger partial charge in [-0.05, 0) is 29.8 Å². The molecule has 112 valence electrons. The maximum absolute atomic E-state index is 6.12. The molecular formula is C16H16Cl3NO. The topological polar surface area (TPSA) is 22.1 Å². The predicted molar refractivity (Wildman–Crippen MR) is 89.0 cm³/mol. The number of ether oxygens (including phenoxy) is 1. The van der Waals surface area contributed by atoms with Crippen LogP contribution in [0, 0.1) is 0 Å². The molecule has 0 fully saturated rings. The Labute approximate surface area is 140 Å². The van der Waals surface area contributed by atoms with Gasteiger partial charge >= 0.3 is 0 Å². The molecule has 0 aliphatic carbocycles. The lowest BCUT2D eigenvalue weighted by Crippen LogP contribution is -2.14. The fraction of sp³-hybridized carbons (Fsp3) is 0.312. The number of hydrogen-bond donors (Lipinski definition) is 0. The van der Waals surface area contributed by atoms with Gasteiger partial charge in [0.05, 0.1) is 10.7 Å². The van der Waals surface area contributed by atoms with E-state index < -0.39 is 0 Å². The van der Waals surface area contributed by atoms with Gasteiger partial charge in [-0.1, -0.05) is 44.0 Å². The molecule has 1 heterocycles. The average Bonchev–Trinajstić information content (AvgIpc) is 2.40. The monoisotopic (exact) mass is 343 g/mol. The highest BCUT2D eigenvalue weighted by Crippen LogP contribution is 2.32. The molecule has 0 saturated carbocycles. The highest BCUT2D eigenvalue weighted by molar-refractivity contribution is 6.35. The first-order chi connectivity index (χ1) is 9.79. The number of benzene rings is 1. The Hall–Kier alpha value is -0.960. The van der Waals surface area contributed by atoms with E-state index in [1.807, 2.05) is 12.1 Å². The highest BCUT2D eigenvalue weighted by atomic mass is 35.5. The summed E-state index contributed by atoms with van der Waals surface area (Å²) >= 11 is 17.9. The van der Waals surface area contributed by atoms with Gasteiger partial charge in [-0.2, -0.15) is 0 Å². The van der Waals surface area contributed by atoms with Gasteiger partial charge in [-0.15, -0.1) is 11.6 Å². The summed E-state index contributed by atoms with van der Waals surface area (Å²) in [4.78, 5) is 4.54. The molecule has 0 aliphatic rings. The molecule has 21 heavy (non-hydrogen) atoms. The van der Waals surface area contributed by atoms with Gasteiger partial charge < -0.3 is 4.74 Å². The zero-order valence-electron chi connectivity index (χ0n) is 12.1. The number of alkyl halides is 1. The summed E-state index contributed by atoms with van der Waals surface area (Å²) in [5.41, 5.74) is 1.78. The SMILES string of the molecule is CC(C)(C)c1cc(CCl)cc(Oc2ccc(Cl)cc2Cl)n1. The molecule has 2 rings (SSSR count). The summed E-state index contributed by atoms with van der Waals surface area (Å²) in [6.45, 7) is 6.27. The smallest absolute Gasteiger partial charge is 0.219 e. The molecule has 1 aromatic heterocycles. The van der Waals surface area contributed by atoms with E-state index >= 15 is 0 Å². The van der Waals surface area contributed by atoms with Gasteiger partial charge in [0.15, 0.2) is 0 Å². The number of hydrogen-bond acceptors (Lipinski definition) is 2. The van der Waals surface area contributed by atoms with Crippen LogP contribution in [-0.2, 0) is 11.3 Å². The minimum atomic E-state index is -0.0933. The van der Waals surface area contributed by atoms with Gasteiger partial charge in [0, 0.05) is 22.4 Å². The van der Waals surface area contributed by atoms with Crippen molar-refractivity contribution in [3.63, 3.8) is 0 Å². The standard InChI is InChI=1S/C16H16Cl3NO/c1-16(2,3)14-6-10(9-17)7-15(20-14)21-13-5-4-11(18)8-12(13)19/h4-8H,9H2,1-3H3.